The van der Waals surface area contributed by atoms with E-state index in [1.165, 1.54) is 4.90 Å². The third kappa shape index (κ3) is 3.28. The van der Waals surface area contributed by atoms with Crippen LogP contribution in [-0.2, 0) is 14.3 Å². The molecule has 0 saturated carbocycles. The van der Waals surface area contributed by atoms with Crippen LogP contribution in [0.4, 0.5) is 0 Å². The third-order valence-corrected chi connectivity index (χ3v) is 2.42. The number of likely N-dealkylation sites (tertiary alicyclic amines) is 1. The summed E-state index contributed by atoms with van der Waals surface area (Å²) in [4.78, 5) is 24.1. The number of amides is 2. The topological polar surface area (TPSA) is 58.6 Å². The van der Waals surface area contributed by atoms with Crippen LogP contribution in [0.5, 0.6) is 0 Å². The van der Waals surface area contributed by atoms with Gasteiger partial charge in [0.1, 0.15) is 0 Å². The van der Waals surface area contributed by atoms with Gasteiger partial charge in [0.05, 0.1) is 6.61 Å². The fourth-order valence-corrected chi connectivity index (χ4v) is 1.71. The summed E-state index contributed by atoms with van der Waals surface area (Å²) >= 11 is 0. The van der Waals surface area contributed by atoms with Crippen molar-refractivity contribution < 1.29 is 14.3 Å². The molecule has 0 aromatic heterocycles. The molecule has 15 heavy (non-hydrogen) atoms. The van der Waals surface area contributed by atoms with Gasteiger partial charge in [-0.3, -0.25) is 14.5 Å². The molecule has 5 heteroatoms. The molecule has 0 aliphatic carbocycles. The van der Waals surface area contributed by atoms with E-state index < -0.39 is 0 Å². The molecular formula is C10H18N2O3. The van der Waals surface area contributed by atoms with Crippen LogP contribution in [0.15, 0.2) is 0 Å². The van der Waals surface area contributed by atoms with E-state index in [1.807, 2.05) is 6.92 Å². The summed E-state index contributed by atoms with van der Waals surface area (Å²) in [6.45, 7) is 3.70. The van der Waals surface area contributed by atoms with Crippen LogP contribution < -0.4 is 5.32 Å². The molecule has 1 saturated heterocycles. The summed E-state index contributed by atoms with van der Waals surface area (Å²) in [6, 6.07) is 0.0333. The second-order valence-corrected chi connectivity index (χ2v) is 3.61. The Morgan fingerprint density at radius 1 is 1.40 bits per heavy atom. The molecule has 1 unspecified atom stereocenters. The Kier molecular flexibility index (Phi) is 4.71. The smallest absolute Gasteiger partial charge is 0.229 e. The van der Waals surface area contributed by atoms with Crippen LogP contribution >= 0.6 is 0 Å². The van der Waals surface area contributed by atoms with Gasteiger partial charge in [0, 0.05) is 32.5 Å². The number of imide groups is 1. The van der Waals surface area contributed by atoms with Gasteiger partial charge in [0.2, 0.25) is 11.8 Å². The molecule has 1 aliphatic heterocycles. The summed E-state index contributed by atoms with van der Waals surface area (Å²) < 4.78 is 5.03. The standard InChI is InChI=1S/C10H18N2O3/c1-3-11-8(7-15-2)6-12-9(13)4-5-10(12)14/h8,11H,3-7H2,1-2H3. The van der Waals surface area contributed by atoms with E-state index >= 15 is 0 Å². The van der Waals surface area contributed by atoms with Gasteiger partial charge in [-0.1, -0.05) is 6.92 Å². The highest BCUT2D eigenvalue weighted by atomic mass is 16.5. The van der Waals surface area contributed by atoms with Gasteiger partial charge in [-0.2, -0.15) is 0 Å². The minimum atomic E-state index is -0.0704. The quantitative estimate of drug-likeness (QED) is 0.620. The average molecular weight is 214 g/mol. The molecule has 0 aromatic rings. The highest BCUT2D eigenvalue weighted by Crippen LogP contribution is 2.11. The molecule has 0 spiro atoms. The average Bonchev–Trinajstić information content (AvgIpc) is 2.50. The minimum Gasteiger partial charge on any atom is -0.383 e. The van der Waals surface area contributed by atoms with Crippen LogP contribution in [0.3, 0.4) is 0 Å². The number of hydrogen-bond donors (Lipinski definition) is 1. The third-order valence-electron chi connectivity index (χ3n) is 2.42. The Morgan fingerprint density at radius 2 is 2.00 bits per heavy atom. The Labute approximate surface area is 89.8 Å². The molecule has 0 aromatic carbocycles. The minimum absolute atomic E-state index is 0.0333. The zero-order chi connectivity index (χ0) is 11.3. The summed E-state index contributed by atoms with van der Waals surface area (Å²) in [5.41, 5.74) is 0. The fraction of sp³-hybridized carbons (Fsp3) is 0.800. The van der Waals surface area contributed by atoms with Gasteiger partial charge in [0.15, 0.2) is 0 Å². The van der Waals surface area contributed by atoms with E-state index in [-0.39, 0.29) is 17.9 Å². The zero-order valence-corrected chi connectivity index (χ0v) is 9.28. The van der Waals surface area contributed by atoms with Gasteiger partial charge in [0.25, 0.3) is 0 Å². The van der Waals surface area contributed by atoms with E-state index in [9.17, 15) is 9.59 Å². The predicted molar refractivity (Wildman–Crippen MR) is 55.3 cm³/mol. The van der Waals surface area contributed by atoms with Gasteiger partial charge in [-0.05, 0) is 6.54 Å². The maximum Gasteiger partial charge on any atom is 0.229 e. The Morgan fingerprint density at radius 3 is 2.47 bits per heavy atom. The molecule has 1 rings (SSSR count). The monoisotopic (exact) mass is 214 g/mol. The van der Waals surface area contributed by atoms with Crippen LogP contribution in [0.1, 0.15) is 19.8 Å². The number of carbonyl (C=O) groups excluding carboxylic acids is 2. The number of nitrogens with zero attached hydrogens (tertiary/aromatic N) is 1. The normalized spacial score (nSPS) is 18.7. The van der Waals surface area contributed by atoms with Crippen LogP contribution in [0.2, 0.25) is 0 Å². The predicted octanol–water partition coefficient (Wildman–Crippen LogP) is -0.240. The lowest BCUT2D eigenvalue weighted by Gasteiger charge is -2.22. The molecule has 0 radical (unpaired) electrons. The first-order valence-electron chi connectivity index (χ1n) is 5.24. The molecular weight excluding hydrogens is 196 g/mol. The molecule has 1 heterocycles. The number of nitrogens with one attached hydrogen (secondary N) is 1. The maximum atomic E-state index is 11.4. The Bertz CT molecular complexity index is 221. The molecule has 0 bridgehead atoms. The van der Waals surface area contributed by atoms with Gasteiger partial charge in [-0.15, -0.1) is 0 Å². The highest BCUT2D eigenvalue weighted by molar-refractivity contribution is 6.01. The van der Waals surface area contributed by atoms with Crippen LogP contribution in [-0.4, -0.2) is 49.6 Å². The van der Waals surface area contributed by atoms with Crippen molar-refractivity contribution in [2.75, 3.05) is 26.8 Å². The lowest BCUT2D eigenvalue weighted by Crippen LogP contribution is -2.45. The second kappa shape index (κ2) is 5.82. The SMILES string of the molecule is CCNC(COC)CN1C(=O)CCC1=O. The van der Waals surface area contributed by atoms with E-state index in [0.29, 0.717) is 26.0 Å². The number of ether oxygens (including phenoxy) is 1. The zero-order valence-electron chi connectivity index (χ0n) is 9.28. The molecule has 1 N–H and O–H groups in total. The molecule has 1 aliphatic rings. The van der Waals surface area contributed by atoms with E-state index in [1.54, 1.807) is 7.11 Å². The van der Waals surface area contributed by atoms with Gasteiger partial charge < -0.3 is 10.1 Å². The van der Waals surface area contributed by atoms with Crippen molar-refractivity contribution in [3.8, 4) is 0 Å². The summed E-state index contributed by atoms with van der Waals surface area (Å²) in [5.74, 6) is -0.141. The Balaban J connectivity index is 2.48. The Hall–Kier alpha value is -0.940. The van der Waals surface area contributed by atoms with E-state index in [2.05, 4.69) is 5.32 Å². The van der Waals surface area contributed by atoms with Crippen LogP contribution in [0, 0.1) is 0 Å². The number of rotatable bonds is 6. The number of methoxy groups -OCH3 is 1. The van der Waals surface area contributed by atoms with E-state index in [0.717, 1.165) is 6.54 Å². The molecule has 1 atom stereocenters. The lowest BCUT2D eigenvalue weighted by atomic mass is 10.3. The summed E-state index contributed by atoms with van der Waals surface area (Å²) in [7, 11) is 1.61. The first-order chi connectivity index (χ1) is 7.19. The highest BCUT2D eigenvalue weighted by Gasteiger charge is 2.30. The number of likely N-dealkylation sites (N-methyl/N-ethyl adjacent to an activating group) is 1. The molecule has 5 nitrogen and oxygen atoms in total. The summed E-state index contributed by atoms with van der Waals surface area (Å²) in [6.07, 6.45) is 0.704. The first kappa shape index (κ1) is 12.1. The maximum absolute atomic E-state index is 11.4. The number of hydrogen-bond acceptors (Lipinski definition) is 4. The van der Waals surface area contributed by atoms with E-state index in [4.69, 9.17) is 4.74 Å². The van der Waals surface area contributed by atoms with Crippen molar-refractivity contribution in [3.63, 3.8) is 0 Å². The molecule has 1 fully saturated rings. The van der Waals surface area contributed by atoms with Crippen molar-refractivity contribution in [1.29, 1.82) is 0 Å². The van der Waals surface area contributed by atoms with Crippen molar-refractivity contribution in [1.82, 2.24) is 10.2 Å². The van der Waals surface area contributed by atoms with Gasteiger partial charge >= 0.3 is 0 Å². The summed E-state index contributed by atoms with van der Waals surface area (Å²) in [5, 5.41) is 3.18. The lowest BCUT2D eigenvalue weighted by molar-refractivity contribution is -0.138. The first-order valence-corrected chi connectivity index (χ1v) is 5.24. The second-order valence-electron chi connectivity index (χ2n) is 3.61. The largest absolute Gasteiger partial charge is 0.383 e. The van der Waals surface area contributed by atoms with Crippen molar-refractivity contribution in [3.05, 3.63) is 0 Å². The fourth-order valence-electron chi connectivity index (χ4n) is 1.71. The number of carbonyl (C=O) groups is 2. The molecule has 2 amide bonds. The van der Waals surface area contributed by atoms with Crippen LogP contribution in [0.25, 0.3) is 0 Å². The van der Waals surface area contributed by atoms with Crippen molar-refractivity contribution in [2.24, 2.45) is 0 Å². The van der Waals surface area contributed by atoms with Gasteiger partial charge in [-0.25, -0.2) is 0 Å². The van der Waals surface area contributed by atoms with Crippen molar-refractivity contribution in [2.45, 2.75) is 25.8 Å². The molecule has 86 valence electrons. The van der Waals surface area contributed by atoms with Crippen molar-refractivity contribution >= 4 is 11.8 Å².